The lowest BCUT2D eigenvalue weighted by molar-refractivity contribution is -0.120. The Bertz CT molecular complexity index is 870. The van der Waals surface area contributed by atoms with E-state index in [1.54, 1.807) is 49.4 Å². The molecule has 3 rings (SSSR count). The van der Waals surface area contributed by atoms with Gasteiger partial charge in [0, 0.05) is 5.69 Å². The van der Waals surface area contributed by atoms with Crippen molar-refractivity contribution in [3.05, 3.63) is 53.6 Å². The number of hydrogen-bond donors (Lipinski definition) is 2. The van der Waals surface area contributed by atoms with Gasteiger partial charge in [0.2, 0.25) is 5.84 Å². The molecule has 0 saturated heterocycles. The fraction of sp³-hybridized carbons (Fsp3) is 0.167. The number of benzene rings is 2. The van der Waals surface area contributed by atoms with Crippen molar-refractivity contribution in [3.8, 4) is 5.75 Å². The Labute approximate surface area is 155 Å². The quantitative estimate of drug-likeness (QED) is 0.864. The van der Waals surface area contributed by atoms with Gasteiger partial charge in [0.05, 0.1) is 17.8 Å². The maximum atomic E-state index is 12.5. The van der Waals surface area contributed by atoms with Crippen LogP contribution in [0.25, 0.3) is 0 Å². The summed E-state index contributed by atoms with van der Waals surface area (Å²) in [4.78, 5) is 29.0. The van der Waals surface area contributed by atoms with Gasteiger partial charge in [0.15, 0.2) is 0 Å². The summed E-state index contributed by atoms with van der Waals surface area (Å²) in [6, 6.07) is 13.2. The Hall–Kier alpha value is -3.06. The second-order valence-corrected chi connectivity index (χ2v) is 5.99. The van der Waals surface area contributed by atoms with Crippen molar-refractivity contribution in [2.24, 2.45) is 4.99 Å². The number of ether oxygens (including phenoxy) is 1. The highest BCUT2D eigenvalue weighted by Gasteiger charge is 2.30. The minimum atomic E-state index is -0.684. The van der Waals surface area contributed by atoms with Crippen molar-refractivity contribution in [3.63, 3.8) is 0 Å². The number of amidine groups is 1. The first-order valence-electron chi connectivity index (χ1n) is 7.88. The molecule has 0 fully saturated rings. The third-order valence-corrected chi connectivity index (χ3v) is 4.05. The van der Waals surface area contributed by atoms with Crippen molar-refractivity contribution in [1.29, 1.82) is 0 Å². The van der Waals surface area contributed by atoms with Crippen LogP contribution in [0.4, 0.5) is 11.4 Å². The summed E-state index contributed by atoms with van der Waals surface area (Å²) in [5.74, 6) is -0.188. The Balaban J connectivity index is 1.79. The van der Waals surface area contributed by atoms with Gasteiger partial charge in [0.25, 0.3) is 11.8 Å². The predicted molar refractivity (Wildman–Crippen MR) is 101 cm³/mol. The lowest BCUT2D eigenvalue weighted by Gasteiger charge is -2.30. The van der Waals surface area contributed by atoms with Crippen LogP contribution in [0, 0.1) is 0 Å². The van der Waals surface area contributed by atoms with Gasteiger partial charge in [-0.05, 0) is 37.3 Å². The molecule has 0 bridgehead atoms. The van der Waals surface area contributed by atoms with Gasteiger partial charge in [-0.3, -0.25) is 15.0 Å². The van der Waals surface area contributed by atoms with Gasteiger partial charge in [-0.2, -0.15) is 0 Å². The number of carbonyl (C=O) groups excluding carboxylic acids is 2. The summed E-state index contributed by atoms with van der Waals surface area (Å²) in [6.45, 7) is 1.64. The molecule has 0 aromatic heterocycles. The largest absolute Gasteiger partial charge is 0.495 e. The standard InChI is InChI=1S/C18H17ClN4O3/c1-11-18(25)23(13-6-4-3-5-7-13)22-16(20-11)17(24)21-12-8-9-15(26-2)14(19)10-12/h3-11H,1-2H3,(H,20,22)(H,21,24). The van der Waals surface area contributed by atoms with E-state index in [-0.39, 0.29) is 11.7 Å². The number of aliphatic imine (C=N–C) groups is 1. The zero-order valence-electron chi connectivity index (χ0n) is 14.2. The van der Waals surface area contributed by atoms with Gasteiger partial charge in [-0.1, -0.05) is 29.8 Å². The number of methoxy groups -OCH3 is 1. The molecule has 2 N–H and O–H groups in total. The Kier molecular flexibility index (Phi) is 5.09. The first kappa shape index (κ1) is 17.8. The number of para-hydroxylation sites is 1. The molecule has 0 spiro atoms. The molecule has 1 heterocycles. The van der Waals surface area contributed by atoms with Gasteiger partial charge in [0.1, 0.15) is 11.8 Å². The van der Waals surface area contributed by atoms with Crippen molar-refractivity contribution in [2.45, 2.75) is 13.0 Å². The number of carbonyl (C=O) groups is 2. The summed E-state index contributed by atoms with van der Waals surface area (Å²) in [7, 11) is 1.51. The number of halogens is 1. The number of amides is 2. The van der Waals surface area contributed by atoms with E-state index < -0.39 is 11.9 Å². The van der Waals surface area contributed by atoms with Crippen molar-refractivity contribution < 1.29 is 14.3 Å². The first-order valence-corrected chi connectivity index (χ1v) is 8.25. The highest BCUT2D eigenvalue weighted by atomic mass is 35.5. The van der Waals surface area contributed by atoms with Crippen LogP contribution in [0.1, 0.15) is 6.92 Å². The molecule has 2 amide bonds. The van der Waals surface area contributed by atoms with E-state index in [9.17, 15) is 9.59 Å². The molecule has 2 aromatic carbocycles. The topological polar surface area (TPSA) is 83.0 Å². The maximum Gasteiger partial charge on any atom is 0.292 e. The predicted octanol–water partition coefficient (Wildman–Crippen LogP) is 2.63. The van der Waals surface area contributed by atoms with Crippen LogP contribution in [0.3, 0.4) is 0 Å². The number of hydrazine groups is 1. The van der Waals surface area contributed by atoms with Crippen molar-refractivity contribution >= 4 is 40.6 Å². The van der Waals surface area contributed by atoms with Gasteiger partial charge < -0.3 is 10.1 Å². The van der Waals surface area contributed by atoms with E-state index in [0.29, 0.717) is 22.1 Å². The molecule has 26 heavy (non-hydrogen) atoms. The Morgan fingerprint density at radius 3 is 2.65 bits per heavy atom. The molecule has 8 heteroatoms. The maximum absolute atomic E-state index is 12.5. The van der Waals surface area contributed by atoms with Gasteiger partial charge in [-0.25, -0.2) is 10.0 Å². The van der Waals surface area contributed by atoms with Crippen LogP contribution in [0.2, 0.25) is 5.02 Å². The molecule has 1 aliphatic rings. The SMILES string of the molecule is COc1ccc(NC(=O)C2=NC(C)C(=O)N(c3ccccc3)N2)cc1Cl. The fourth-order valence-corrected chi connectivity index (χ4v) is 2.70. The highest BCUT2D eigenvalue weighted by molar-refractivity contribution is 6.43. The number of hydrogen-bond acceptors (Lipinski definition) is 5. The minimum Gasteiger partial charge on any atom is -0.495 e. The molecular weight excluding hydrogens is 356 g/mol. The van der Waals surface area contributed by atoms with Crippen molar-refractivity contribution in [2.75, 3.05) is 17.4 Å². The van der Waals surface area contributed by atoms with Gasteiger partial charge >= 0.3 is 0 Å². The van der Waals surface area contributed by atoms with Crippen LogP contribution in [0.15, 0.2) is 53.5 Å². The molecule has 134 valence electrons. The van der Waals surface area contributed by atoms with E-state index in [1.165, 1.54) is 12.1 Å². The highest BCUT2D eigenvalue weighted by Crippen LogP contribution is 2.27. The molecule has 1 aliphatic heterocycles. The van der Waals surface area contributed by atoms with Crippen LogP contribution >= 0.6 is 11.6 Å². The second-order valence-electron chi connectivity index (χ2n) is 5.58. The van der Waals surface area contributed by atoms with E-state index in [1.807, 2.05) is 6.07 Å². The van der Waals surface area contributed by atoms with E-state index in [4.69, 9.17) is 16.3 Å². The molecule has 7 nitrogen and oxygen atoms in total. The zero-order valence-corrected chi connectivity index (χ0v) is 14.9. The lowest BCUT2D eigenvalue weighted by atomic mass is 10.2. The van der Waals surface area contributed by atoms with Crippen LogP contribution in [-0.4, -0.2) is 30.8 Å². The zero-order chi connectivity index (χ0) is 18.7. The van der Waals surface area contributed by atoms with E-state index >= 15 is 0 Å². The fourth-order valence-electron chi connectivity index (χ4n) is 2.44. The molecule has 0 saturated carbocycles. The van der Waals surface area contributed by atoms with Gasteiger partial charge in [-0.15, -0.1) is 0 Å². The summed E-state index contributed by atoms with van der Waals surface area (Å²) in [5, 5.41) is 4.39. The van der Waals surface area contributed by atoms with Crippen molar-refractivity contribution in [1.82, 2.24) is 5.43 Å². The summed E-state index contributed by atoms with van der Waals surface area (Å²) >= 11 is 6.07. The minimum absolute atomic E-state index is 0.0351. The molecule has 1 unspecified atom stereocenters. The Morgan fingerprint density at radius 2 is 2.00 bits per heavy atom. The summed E-state index contributed by atoms with van der Waals surface area (Å²) < 4.78 is 5.09. The van der Waals surface area contributed by atoms with E-state index in [0.717, 1.165) is 0 Å². The molecule has 1 atom stereocenters. The third kappa shape index (κ3) is 3.62. The van der Waals surface area contributed by atoms with Crippen LogP contribution < -0.4 is 20.5 Å². The monoisotopic (exact) mass is 372 g/mol. The Morgan fingerprint density at radius 1 is 1.27 bits per heavy atom. The number of rotatable bonds is 4. The first-order chi connectivity index (χ1) is 12.5. The summed E-state index contributed by atoms with van der Waals surface area (Å²) in [5.41, 5.74) is 3.88. The summed E-state index contributed by atoms with van der Waals surface area (Å²) in [6.07, 6.45) is 0. The number of nitrogens with zero attached hydrogens (tertiary/aromatic N) is 2. The lowest BCUT2D eigenvalue weighted by Crippen LogP contribution is -2.57. The normalized spacial score (nSPS) is 16.6. The molecule has 0 aliphatic carbocycles. The number of anilines is 2. The average molecular weight is 373 g/mol. The smallest absolute Gasteiger partial charge is 0.292 e. The van der Waals surface area contributed by atoms with E-state index in [2.05, 4.69) is 15.7 Å². The molecule has 2 aromatic rings. The average Bonchev–Trinajstić information content (AvgIpc) is 2.64. The molecule has 0 radical (unpaired) electrons. The van der Waals surface area contributed by atoms with Crippen LogP contribution in [0.5, 0.6) is 5.75 Å². The molecular formula is C18H17ClN4O3. The van der Waals surface area contributed by atoms with Crippen LogP contribution in [-0.2, 0) is 9.59 Å². The number of nitrogens with one attached hydrogen (secondary N) is 2. The third-order valence-electron chi connectivity index (χ3n) is 3.76. The second kappa shape index (κ2) is 7.45.